The quantitative estimate of drug-likeness (QED) is 0.554. The lowest BCUT2D eigenvalue weighted by Gasteiger charge is -2.07. The highest BCUT2D eigenvalue weighted by molar-refractivity contribution is 5.76. The van der Waals surface area contributed by atoms with Gasteiger partial charge < -0.3 is 0 Å². The van der Waals surface area contributed by atoms with Crippen LogP contribution >= 0.6 is 0 Å². The zero-order chi connectivity index (χ0) is 16.7. The third kappa shape index (κ3) is 2.26. The minimum Gasteiger partial charge on any atom is -0.269 e. The summed E-state index contributed by atoms with van der Waals surface area (Å²) in [7, 11) is 0. The molecule has 4 aromatic rings. The molecule has 7 nitrogen and oxygen atoms in total. The summed E-state index contributed by atoms with van der Waals surface area (Å²) in [4.78, 5) is 29.2. The Labute approximate surface area is 135 Å². The summed E-state index contributed by atoms with van der Waals surface area (Å²) in [6.07, 6.45) is 1.67. The second kappa shape index (κ2) is 5.38. The van der Waals surface area contributed by atoms with Gasteiger partial charge in [-0.1, -0.05) is 23.4 Å². The maximum absolute atomic E-state index is 12.5. The Balaban J connectivity index is 1.86. The second-order valence-corrected chi connectivity index (χ2v) is 5.54. The summed E-state index contributed by atoms with van der Waals surface area (Å²) in [6.45, 7) is 1.98. The number of benzene rings is 1. The fraction of sp³-hybridized carbons (Fsp3) is 0.118. The van der Waals surface area contributed by atoms with E-state index in [1.54, 1.807) is 36.5 Å². The molecule has 0 fully saturated rings. The molecule has 0 saturated carbocycles. The zero-order valence-electron chi connectivity index (χ0n) is 12.9. The van der Waals surface area contributed by atoms with Gasteiger partial charge in [0.15, 0.2) is 0 Å². The molecule has 118 valence electrons. The first-order chi connectivity index (χ1) is 11.6. The molecule has 0 aliphatic carbocycles. The Morgan fingerprint density at radius 1 is 1.08 bits per heavy atom. The van der Waals surface area contributed by atoms with E-state index in [1.807, 2.05) is 13.0 Å². The number of aromatic nitrogens is 5. The summed E-state index contributed by atoms with van der Waals surface area (Å²) < 4.78 is 2.70. The van der Waals surface area contributed by atoms with E-state index in [9.17, 15) is 9.59 Å². The van der Waals surface area contributed by atoms with Gasteiger partial charge in [0.05, 0.1) is 17.6 Å². The minimum absolute atomic E-state index is 0.0940. The maximum atomic E-state index is 12.5. The Morgan fingerprint density at radius 3 is 2.79 bits per heavy atom. The molecule has 3 aromatic heterocycles. The van der Waals surface area contributed by atoms with Crippen LogP contribution in [0.25, 0.3) is 16.6 Å². The summed E-state index contributed by atoms with van der Waals surface area (Å²) in [5.41, 5.74) is 2.02. The van der Waals surface area contributed by atoms with Crippen molar-refractivity contribution in [2.24, 2.45) is 0 Å². The van der Waals surface area contributed by atoms with E-state index in [0.717, 1.165) is 5.56 Å². The van der Waals surface area contributed by atoms with Crippen LogP contribution in [0.5, 0.6) is 0 Å². The van der Waals surface area contributed by atoms with Crippen molar-refractivity contribution in [3.05, 3.63) is 80.6 Å². The SMILES string of the molecule is Cc1cccn2c(=O)cc(Cn3nnc4ccccc4c3=O)nc12. The highest BCUT2D eigenvalue weighted by Gasteiger charge is 2.09. The van der Waals surface area contributed by atoms with Gasteiger partial charge in [-0.3, -0.25) is 14.0 Å². The van der Waals surface area contributed by atoms with E-state index < -0.39 is 0 Å². The van der Waals surface area contributed by atoms with Crippen LogP contribution in [0.3, 0.4) is 0 Å². The third-order valence-corrected chi connectivity index (χ3v) is 3.88. The molecule has 0 unspecified atom stereocenters. The van der Waals surface area contributed by atoms with Crippen molar-refractivity contribution in [3.63, 3.8) is 0 Å². The summed E-state index contributed by atoms with van der Waals surface area (Å²) in [5.74, 6) is 0. The molecule has 0 bridgehead atoms. The lowest BCUT2D eigenvalue weighted by atomic mass is 10.2. The van der Waals surface area contributed by atoms with Gasteiger partial charge in [-0.15, -0.1) is 5.10 Å². The molecule has 1 aromatic carbocycles. The lowest BCUT2D eigenvalue weighted by Crippen LogP contribution is -2.26. The molecule has 0 radical (unpaired) electrons. The molecule has 4 rings (SSSR count). The first-order valence-corrected chi connectivity index (χ1v) is 7.44. The van der Waals surface area contributed by atoms with Crippen LogP contribution in [0.2, 0.25) is 0 Å². The molecule has 0 N–H and O–H groups in total. The lowest BCUT2D eigenvalue weighted by molar-refractivity contribution is 0.591. The van der Waals surface area contributed by atoms with Crippen LogP contribution in [0.1, 0.15) is 11.3 Å². The molecule has 24 heavy (non-hydrogen) atoms. The Morgan fingerprint density at radius 2 is 1.92 bits per heavy atom. The monoisotopic (exact) mass is 319 g/mol. The van der Waals surface area contributed by atoms with Gasteiger partial charge in [-0.05, 0) is 30.7 Å². The number of aryl methyl sites for hydroxylation is 1. The molecule has 0 spiro atoms. The van der Waals surface area contributed by atoms with E-state index >= 15 is 0 Å². The van der Waals surface area contributed by atoms with Crippen molar-refractivity contribution in [1.29, 1.82) is 0 Å². The van der Waals surface area contributed by atoms with Crippen molar-refractivity contribution in [2.75, 3.05) is 0 Å². The van der Waals surface area contributed by atoms with Crippen molar-refractivity contribution in [1.82, 2.24) is 24.4 Å². The van der Waals surface area contributed by atoms with Crippen LogP contribution in [-0.4, -0.2) is 24.4 Å². The van der Waals surface area contributed by atoms with Gasteiger partial charge in [0.1, 0.15) is 11.2 Å². The van der Waals surface area contributed by atoms with E-state index in [2.05, 4.69) is 15.3 Å². The van der Waals surface area contributed by atoms with Crippen LogP contribution in [-0.2, 0) is 6.54 Å². The standard InChI is InChI=1S/C17H13N5O2/c1-11-5-4-8-21-15(23)9-12(18-16(11)21)10-22-17(24)13-6-2-3-7-14(13)19-20-22/h2-9H,10H2,1H3. The van der Waals surface area contributed by atoms with Gasteiger partial charge >= 0.3 is 0 Å². The third-order valence-electron chi connectivity index (χ3n) is 3.88. The van der Waals surface area contributed by atoms with E-state index in [4.69, 9.17) is 0 Å². The fourth-order valence-corrected chi connectivity index (χ4v) is 2.67. The number of hydrogen-bond acceptors (Lipinski definition) is 5. The van der Waals surface area contributed by atoms with Crippen molar-refractivity contribution in [2.45, 2.75) is 13.5 Å². The first-order valence-electron chi connectivity index (χ1n) is 7.44. The van der Waals surface area contributed by atoms with Crippen molar-refractivity contribution < 1.29 is 0 Å². The average molecular weight is 319 g/mol. The summed E-state index contributed by atoms with van der Waals surface area (Å²) >= 11 is 0. The van der Waals surface area contributed by atoms with Gasteiger partial charge in [-0.25, -0.2) is 9.67 Å². The molecular weight excluding hydrogens is 306 g/mol. The molecule has 0 saturated heterocycles. The van der Waals surface area contributed by atoms with Gasteiger partial charge in [-0.2, -0.15) is 0 Å². The molecule has 0 amide bonds. The second-order valence-electron chi connectivity index (χ2n) is 5.54. The molecule has 0 atom stereocenters. The van der Waals surface area contributed by atoms with E-state index in [0.29, 0.717) is 22.2 Å². The Bertz CT molecular complexity index is 1190. The number of pyridine rings is 1. The predicted octanol–water partition coefficient (Wildman–Crippen LogP) is 1.16. The van der Waals surface area contributed by atoms with Crippen molar-refractivity contribution in [3.8, 4) is 0 Å². The highest BCUT2D eigenvalue weighted by Crippen LogP contribution is 2.07. The predicted molar refractivity (Wildman–Crippen MR) is 89.1 cm³/mol. The number of nitrogens with zero attached hydrogens (tertiary/aromatic N) is 5. The first kappa shape index (κ1) is 14.3. The number of hydrogen-bond donors (Lipinski definition) is 0. The smallest absolute Gasteiger partial charge is 0.269 e. The zero-order valence-corrected chi connectivity index (χ0v) is 12.9. The number of fused-ring (bicyclic) bond motifs is 2. The van der Waals surface area contributed by atoms with Crippen LogP contribution in [0.4, 0.5) is 0 Å². The minimum atomic E-state index is -0.257. The van der Waals surface area contributed by atoms with Gasteiger partial charge in [0, 0.05) is 12.3 Å². The van der Waals surface area contributed by atoms with E-state index in [1.165, 1.54) is 15.1 Å². The molecule has 0 aliphatic rings. The summed E-state index contributed by atoms with van der Waals surface area (Å²) in [6, 6.07) is 12.1. The van der Waals surface area contributed by atoms with Gasteiger partial charge in [0.25, 0.3) is 11.1 Å². The molecule has 3 heterocycles. The van der Waals surface area contributed by atoms with Crippen LogP contribution in [0, 0.1) is 6.92 Å². The number of rotatable bonds is 2. The topological polar surface area (TPSA) is 82.1 Å². The Kier molecular flexibility index (Phi) is 3.19. The van der Waals surface area contributed by atoms with Crippen LogP contribution < -0.4 is 11.1 Å². The highest BCUT2D eigenvalue weighted by atomic mass is 16.1. The van der Waals surface area contributed by atoms with Gasteiger partial charge in [0.2, 0.25) is 0 Å². The largest absolute Gasteiger partial charge is 0.277 e. The molecule has 7 heteroatoms. The maximum Gasteiger partial charge on any atom is 0.277 e. The molecular formula is C17H13N5O2. The molecule has 0 aliphatic heterocycles. The van der Waals surface area contributed by atoms with Crippen molar-refractivity contribution >= 4 is 16.6 Å². The fourth-order valence-electron chi connectivity index (χ4n) is 2.67. The van der Waals surface area contributed by atoms with E-state index in [-0.39, 0.29) is 17.7 Å². The van der Waals surface area contributed by atoms with Crippen LogP contribution in [0.15, 0.2) is 58.3 Å². The summed E-state index contributed by atoms with van der Waals surface area (Å²) in [5, 5.41) is 8.47. The Hall–Kier alpha value is -3.35. The normalized spacial score (nSPS) is 11.2. The average Bonchev–Trinajstić information content (AvgIpc) is 2.59.